The maximum absolute atomic E-state index is 6.05. The van der Waals surface area contributed by atoms with Crippen molar-refractivity contribution in [3.63, 3.8) is 0 Å². The first-order valence-corrected chi connectivity index (χ1v) is 10.5. The highest BCUT2D eigenvalue weighted by Gasteiger charge is 2.20. The number of benzene rings is 2. The van der Waals surface area contributed by atoms with E-state index in [0.29, 0.717) is 11.5 Å². The van der Waals surface area contributed by atoms with Gasteiger partial charge in [0.1, 0.15) is 0 Å². The second-order valence-corrected chi connectivity index (χ2v) is 9.23. The van der Waals surface area contributed by atoms with Crippen molar-refractivity contribution in [2.24, 2.45) is 0 Å². The Hall–Kier alpha value is 1.60. The van der Waals surface area contributed by atoms with Crippen LogP contribution in [-0.2, 0) is 0 Å². The van der Waals surface area contributed by atoms with Gasteiger partial charge < -0.3 is 4.74 Å². The summed E-state index contributed by atoms with van der Waals surface area (Å²) in [4.78, 5) is 0. The number of halogens is 7. The molecule has 0 N–H and O–H groups in total. The van der Waals surface area contributed by atoms with Crippen LogP contribution in [0.25, 0.3) is 0 Å². The summed E-state index contributed by atoms with van der Waals surface area (Å²) >= 11 is 24.6. The molecule has 2 rings (SSSR count). The summed E-state index contributed by atoms with van der Waals surface area (Å²) in [5, 5.41) is 0. The van der Waals surface area contributed by atoms with E-state index < -0.39 is 0 Å². The zero-order valence-electron chi connectivity index (χ0n) is 9.29. The van der Waals surface area contributed by atoms with Crippen LogP contribution in [0.15, 0.2) is 49.5 Å². The van der Waals surface area contributed by atoms with E-state index in [-0.39, 0.29) is 0 Å². The number of ether oxygens (including phenoxy) is 1. The lowest BCUT2D eigenvalue weighted by Crippen LogP contribution is -1.92. The van der Waals surface area contributed by atoms with E-state index in [0.717, 1.165) is 31.3 Å². The molecule has 2 aromatic rings. The minimum atomic E-state index is 0.666. The molecule has 0 aliphatic rings. The Labute approximate surface area is 175 Å². The lowest BCUT2D eigenvalue weighted by Gasteiger charge is -2.16. The topological polar surface area (TPSA) is 9.23 Å². The molecule has 0 aromatic heterocycles. The largest absolute Gasteiger partial charge is 0.453 e. The second kappa shape index (κ2) is 7.45. The van der Waals surface area contributed by atoms with E-state index in [1.54, 1.807) is 0 Å². The molecule has 0 saturated heterocycles. The monoisotopic (exact) mass is 715 g/mol. The van der Waals surface area contributed by atoms with E-state index in [1.807, 2.05) is 18.2 Å². The molecule has 0 bridgehead atoms. The molecular weight excluding hydrogens is 719 g/mol. The van der Waals surface area contributed by atoms with Crippen LogP contribution in [-0.4, -0.2) is 0 Å². The first kappa shape index (κ1) is 17.9. The van der Waals surface area contributed by atoms with Crippen molar-refractivity contribution in [2.45, 2.75) is 0 Å². The fourth-order valence-electron chi connectivity index (χ4n) is 1.36. The van der Waals surface area contributed by atoms with Crippen molar-refractivity contribution in [3.8, 4) is 11.5 Å². The van der Waals surface area contributed by atoms with Gasteiger partial charge in [-0.05, 0) is 124 Å². The third-order valence-electron chi connectivity index (χ3n) is 2.29. The Bertz CT molecular complexity index is 635. The average Bonchev–Trinajstić information content (AvgIpc) is 2.42. The highest BCUT2D eigenvalue weighted by atomic mass is 79.9. The molecule has 1 nitrogen and oxygen atoms in total. The highest BCUT2D eigenvalue weighted by Crippen LogP contribution is 2.51. The van der Waals surface area contributed by atoms with Gasteiger partial charge in [-0.15, -0.1) is 0 Å². The number of hydrogen-bond acceptors (Lipinski definition) is 1. The van der Waals surface area contributed by atoms with Gasteiger partial charge in [0.15, 0.2) is 11.5 Å². The maximum atomic E-state index is 6.05. The van der Waals surface area contributed by atoms with E-state index in [1.165, 1.54) is 0 Å². The molecule has 0 aliphatic heterocycles. The van der Waals surface area contributed by atoms with Crippen molar-refractivity contribution < 1.29 is 4.74 Å². The predicted octanol–water partition coefficient (Wildman–Crippen LogP) is 8.82. The maximum Gasteiger partial charge on any atom is 0.158 e. The minimum absolute atomic E-state index is 0.666. The Morgan fingerprint density at radius 2 is 0.950 bits per heavy atom. The lowest BCUT2D eigenvalue weighted by molar-refractivity contribution is 0.469. The number of rotatable bonds is 2. The van der Waals surface area contributed by atoms with Crippen LogP contribution >= 0.6 is 112 Å². The molecule has 0 amide bonds. The Morgan fingerprint density at radius 3 is 1.40 bits per heavy atom. The van der Waals surface area contributed by atoms with Crippen LogP contribution in [0, 0.1) is 0 Å². The van der Waals surface area contributed by atoms with Gasteiger partial charge in [0, 0.05) is 4.47 Å². The van der Waals surface area contributed by atoms with Crippen LogP contribution in [0.4, 0.5) is 0 Å². The molecule has 0 radical (unpaired) electrons. The van der Waals surface area contributed by atoms with Gasteiger partial charge in [-0.25, -0.2) is 0 Å². The number of para-hydroxylation sites is 1. The molecule has 8 heteroatoms. The normalized spacial score (nSPS) is 10.8. The number of hydrogen-bond donors (Lipinski definition) is 0. The van der Waals surface area contributed by atoms with E-state index in [4.69, 9.17) is 4.74 Å². The molecule has 0 saturated carbocycles. The molecule has 0 heterocycles. The molecule has 0 fully saturated rings. The first-order valence-electron chi connectivity index (χ1n) is 4.98. The zero-order chi connectivity index (χ0) is 15.0. The third kappa shape index (κ3) is 3.57. The van der Waals surface area contributed by atoms with E-state index in [2.05, 4.69) is 112 Å². The van der Waals surface area contributed by atoms with Crippen LogP contribution < -0.4 is 4.74 Å². The zero-order valence-corrected chi connectivity index (χ0v) is 20.4. The van der Waals surface area contributed by atoms with Crippen LogP contribution in [0.5, 0.6) is 11.5 Å². The smallest absolute Gasteiger partial charge is 0.158 e. The summed E-state index contributed by atoms with van der Waals surface area (Å²) in [6.45, 7) is 0. The van der Waals surface area contributed by atoms with Gasteiger partial charge in [-0.1, -0.05) is 6.07 Å². The van der Waals surface area contributed by atoms with Gasteiger partial charge in [-0.2, -0.15) is 0 Å². The summed E-state index contributed by atoms with van der Waals surface area (Å²) < 4.78 is 12.0. The Morgan fingerprint density at radius 1 is 0.550 bits per heavy atom. The van der Waals surface area contributed by atoms with Crippen LogP contribution in [0.1, 0.15) is 0 Å². The van der Waals surface area contributed by atoms with Gasteiger partial charge in [0.05, 0.1) is 26.8 Å². The third-order valence-corrected chi connectivity index (χ3v) is 9.56. The molecule has 106 valence electrons. The lowest BCUT2D eigenvalue weighted by atomic mass is 10.3. The van der Waals surface area contributed by atoms with Gasteiger partial charge in [0.2, 0.25) is 0 Å². The Balaban J connectivity index is 2.61. The van der Waals surface area contributed by atoms with Crippen LogP contribution in [0.2, 0.25) is 0 Å². The molecule has 0 unspecified atom stereocenters. The molecule has 0 aliphatic carbocycles. The van der Waals surface area contributed by atoms with E-state index >= 15 is 0 Å². The summed E-state index contributed by atoms with van der Waals surface area (Å²) in [5.74, 6) is 1.37. The molecule has 2 aromatic carbocycles. The highest BCUT2D eigenvalue weighted by molar-refractivity contribution is 9.15. The second-order valence-electron chi connectivity index (χ2n) is 3.55. The molecule has 0 atom stereocenters. The molecular formula is C12H3Br7O. The van der Waals surface area contributed by atoms with Gasteiger partial charge in [-0.3, -0.25) is 0 Å². The summed E-state index contributed by atoms with van der Waals surface area (Å²) in [6.07, 6.45) is 0. The predicted molar refractivity (Wildman–Crippen MR) is 107 cm³/mol. The fourth-order valence-corrected chi connectivity index (χ4v) is 5.69. The van der Waals surface area contributed by atoms with Crippen molar-refractivity contribution >= 4 is 112 Å². The summed E-state index contributed by atoms with van der Waals surface area (Å²) in [7, 11) is 0. The molecule has 0 spiro atoms. The summed E-state index contributed by atoms with van der Waals surface area (Å²) in [5.41, 5.74) is 0. The van der Waals surface area contributed by atoms with Gasteiger partial charge >= 0.3 is 0 Å². The fraction of sp³-hybridized carbons (Fsp3) is 0. The van der Waals surface area contributed by atoms with Crippen molar-refractivity contribution in [1.29, 1.82) is 0 Å². The van der Waals surface area contributed by atoms with Crippen molar-refractivity contribution in [1.82, 2.24) is 0 Å². The Kier molecular flexibility index (Phi) is 6.68. The first-order chi connectivity index (χ1) is 9.34. The SMILES string of the molecule is Brc1cccc(Br)c1Oc1c(Br)c(Br)c(Br)c(Br)c1Br. The molecule has 20 heavy (non-hydrogen) atoms. The van der Waals surface area contributed by atoms with E-state index in [9.17, 15) is 0 Å². The van der Waals surface area contributed by atoms with Crippen molar-refractivity contribution in [2.75, 3.05) is 0 Å². The quantitative estimate of drug-likeness (QED) is 0.223. The van der Waals surface area contributed by atoms with Crippen molar-refractivity contribution in [3.05, 3.63) is 49.5 Å². The minimum Gasteiger partial charge on any atom is -0.453 e. The van der Waals surface area contributed by atoms with Crippen LogP contribution in [0.3, 0.4) is 0 Å². The standard InChI is InChI=1S/C12H3Br7O/c13-4-2-1-3-5(14)11(4)20-12-9(18)7(16)6(15)8(17)10(12)19/h1-3H. The summed E-state index contributed by atoms with van der Waals surface area (Å²) in [6, 6.07) is 5.77. The average molecular weight is 722 g/mol. The van der Waals surface area contributed by atoms with Gasteiger partial charge in [0.25, 0.3) is 0 Å².